The average Bonchev–Trinajstić information content (AvgIpc) is 2.35. The maximum absolute atomic E-state index is 5.73. The fraction of sp³-hybridized carbons (Fsp3) is 0.529. The molecule has 0 spiro atoms. The van der Waals surface area contributed by atoms with Gasteiger partial charge in [0.2, 0.25) is 0 Å². The quantitative estimate of drug-likeness (QED) is 0.697. The molecule has 0 aliphatic rings. The van der Waals surface area contributed by atoms with Gasteiger partial charge in [-0.2, -0.15) is 0 Å². The summed E-state index contributed by atoms with van der Waals surface area (Å²) in [6.07, 6.45) is 4.36. The van der Waals surface area contributed by atoms with Gasteiger partial charge in [-0.05, 0) is 58.2 Å². The van der Waals surface area contributed by atoms with Crippen molar-refractivity contribution in [3.05, 3.63) is 42.5 Å². The first-order valence-electron chi connectivity index (χ1n) is 7.16. The summed E-state index contributed by atoms with van der Waals surface area (Å²) in [5.41, 5.74) is 1.27. The summed E-state index contributed by atoms with van der Waals surface area (Å²) in [4.78, 5) is 0. The van der Waals surface area contributed by atoms with Crippen LogP contribution in [0.25, 0.3) is 0 Å². The van der Waals surface area contributed by atoms with Gasteiger partial charge in [0.1, 0.15) is 5.75 Å². The maximum Gasteiger partial charge on any atom is 0.120 e. The van der Waals surface area contributed by atoms with Gasteiger partial charge in [-0.25, -0.2) is 0 Å². The fourth-order valence-electron chi connectivity index (χ4n) is 2.10. The standard InChI is InChI=1S/C17H27NO/c1-6-7-9-14(4)18-15(5)16-10-8-11-17(12-16)19-13(2)3/h6,8,10-15,18H,1,7,9H2,2-5H3. The Bertz CT molecular complexity index is 387. The van der Waals surface area contributed by atoms with Crippen molar-refractivity contribution in [1.82, 2.24) is 5.32 Å². The molecule has 0 bridgehead atoms. The summed E-state index contributed by atoms with van der Waals surface area (Å²) in [5.74, 6) is 0.944. The Labute approximate surface area is 117 Å². The second-order valence-corrected chi connectivity index (χ2v) is 5.39. The van der Waals surface area contributed by atoms with Crippen LogP contribution >= 0.6 is 0 Å². The monoisotopic (exact) mass is 261 g/mol. The summed E-state index contributed by atoms with van der Waals surface area (Å²) in [7, 11) is 0. The van der Waals surface area contributed by atoms with Crippen molar-refractivity contribution in [2.45, 2.75) is 58.7 Å². The van der Waals surface area contributed by atoms with E-state index in [1.807, 2.05) is 26.0 Å². The van der Waals surface area contributed by atoms with Gasteiger partial charge in [0, 0.05) is 12.1 Å². The molecule has 2 unspecified atom stereocenters. The second kappa shape index (κ2) is 8.00. The molecular formula is C17H27NO. The third kappa shape index (κ3) is 5.93. The normalized spacial score (nSPS) is 14.2. The summed E-state index contributed by atoms with van der Waals surface area (Å²) < 4.78 is 5.73. The van der Waals surface area contributed by atoms with E-state index in [1.165, 1.54) is 5.56 Å². The highest BCUT2D eigenvalue weighted by Gasteiger charge is 2.10. The van der Waals surface area contributed by atoms with Crippen LogP contribution in [0.15, 0.2) is 36.9 Å². The van der Waals surface area contributed by atoms with Crippen LogP contribution in [0.2, 0.25) is 0 Å². The molecule has 1 N–H and O–H groups in total. The topological polar surface area (TPSA) is 21.3 Å². The van der Waals surface area contributed by atoms with E-state index >= 15 is 0 Å². The number of benzene rings is 1. The van der Waals surface area contributed by atoms with Crippen molar-refractivity contribution >= 4 is 0 Å². The van der Waals surface area contributed by atoms with Gasteiger partial charge < -0.3 is 10.1 Å². The first kappa shape index (κ1) is 15.8. The molecule has 19 heavy (non-hydrogen) atoms. The van der Waals surface area contributed by atoms with Crippen molar-refractivity contribution in [3.8, 4) is 5.75 Å². The summed E-state index contributed by atoms with van der Waals surface area (Å²) in [5, 5.41) is 3.61. The van der Waals surface area contributed by atoms with Gasteiger partial charge in [-0.3, -0.25) is 0 Å². The Morgan fingerprint density at radius 1 is 1.26 bits per heavy atom. The molecule has 106 valence electrons. The lowest BCUT2D eigenvalue weighted by Crippen LogP contribution is -2.28. The highest BCUT2D eigenvalue weighted by molar-refractivity contribution is 5.30. The van der Waals surface area contributed by atoms with E-state index in [1.54, 1.807) is 0 Å². The Morgan fingerprint density at radius 3 is 2.63 bits per heavy atom. The first-order chi connectivity index (χ1) is 9.02. The van der Waals surface area contributed by atoms with E-state index in [9.17, 15) is 0 Å². The summed E-state index contributed by atoms with van der Waals surface area (Å²) in [6, 6.07) is 9.15. The van der Waals surface area contributed by atoms with Crippen molar-refractivity contribution in [1.29, 1.82) is 0 Å². The molecule has 1 rings (SSSR count). The van der Waals surface area contributed by atoms with Crippen molar-refractivity contribution in [2.75, 3.05) is 0 Å². The van der Waals surface area contributed by atoms with Crippen LogP contribution in [0.3, 0.4) is 0 Å². The van der Waals surface area contributed by atoms with E-state index in [4.69, 9.17) is 4.74 Å². The Kier molecular flexibility index (Phi) is 6.65. The predicted octanol–water partition coefficient (Wildman–Crippen LogP) is 4.48. The zero-order valence-corrected chi connectivity index (χ0v) is 12.6. The van der Waals surface area contributed by atoms with Gasteiger partial charge in [-0.15, -0.1) is 6.58 Å². The molecule has 2 nitrogen and oxygen atoms in total. The Hall–Kier alpha value is -1.28. The van der Waals surface area contributed by atoms with E-state index in [-0.39, 0.29) is 6.10 Å². The molecule has 0 aliphatic heterocycles. The molecule has 0 fully saturated rings. The second-order valence-electron chi connectivity index (χ2n) is 5.39. The summed E-state index contributed by atoms with van der Waals surface area (Å²) in [6.45, 7) is 12.3. The van der Waals surface area contributed by atoms with Crippen molar-refractivity contribution in [2.24, 2.45) is 0 Å². The number of ether oxygens (including phenoxy) is 1. The third-order valence-corrected chi connectivity index (χ3v) is 3.07. The van der Waals surface area contributed by atoms with Gasteiger partial charge >= 0.3 is 0 Å². The molecule has 0 amide bonds. The number of hydrogen-bond donors (Lipinski definition) is 1. The zero-order valence-electron chi connectivity index (χ0n) is 12.6. The SMILES string of the molecule is C=CCCC(C)NC(C)c1cccc(OC(C)C)c1. The molecule has 0 aliphatic carbocycles. The van der Waals surface area contributed by atoms with Crippen LogP contribution in [-0.2, 0) is 0 Å². The largest absolute Gasteiger partial charge is 0.491 e. The molecule has 0 aromatic heterocycles. The van der Waals surface area contributed by atoms with Crippen LogP contribution < -0.4 is 10.1 Å². The minimum atomic E-state index is 0.213. The number of hydrogen-bond acceptors (Lipinski definition) is 2. The molecule has 0 saturated heterocycles. The van der Waals surface area contributed by atoms with Crippen LogP contribution in [-0.4, -0.2) is 12.1 Å². The van der Waals surface area contributed by atoms with Crippen molar-refractivity contribution in [3.63, 3.8) is 0 Å². The van der Waals surface area contributed by atoms with Gasteiger partial charge in [0.25, 0.3) is 0 Å². The lowest BCUT2D eigenvalue weighted by atomic mass is 10.1. The van der Waals surface area contributed by atoms with Gasteiger partial charge in [-0.1, -0.05) is 18.2 Å². The Morgan fingerprint density at radius 2 is 2.00 bits per heavy atom. The molecule has 1 aromatic carbocycles. The van der Waals surface area contributed by atoms with E-state index < -0.39 is 0 Å². The number of nitrogens with one attached hydrogen (secondary N) is 1. The Balaban J connectivity index is 2.60. The smallest absolute Gasteiger partial charge is 0.120 e. The molecule has 0 heterocycles. The van der Waals surface area contributed by atoms with Gasteiger partial charge in [0.15, 0.2) is 0 Å². The first-order valence-corrected chi connectivity index (χ1v) is 7.16. The molecule has 1 aromatic rings. The van der Waals surface area contributed by atoms with E-state index in [2.05, 4.69) is 43.9 Å². The van der Waals surface area contributed by atoms with Gasteiger partial charge in [0.05, 0.1) is 6.10 Å². The maximum atomic E-state index is 5.73. The van der Waals surface area contributed by atoms with Crippen LogP contribution in [0.1, 0.15) is 52.1 Å². The predicted molar refractivity (Wildman–Crippen MR) is 82.6 cm³/mol. The molecule has 0 saturated carbocycles. The third-order valence-electron chi connectivity index (χ3n) is 3.07. The van der Waals surface area contributed by atoms with E-state index in [0.29, 0.717) is 12.1 Å². The van der Waals surface area contributed by atoms with Crippen LogP contribution in [0.4, 0.5) is 0 Å². The lowest BCUT2D eigenvalue weighted by Gasteiger charge is -2.21. The number of allylic oxidation sites excluding steroid dienone is 1. The van der Waals surface area contributed by atoms with E-state index in [0.717, 1.165) is 18.6 Å². The minimum absolute atomic E-state index is 0.213. The molecule has 2 atom stereocenters. The van der Waals surface area contributed by atoms with Crippen LogP contribution in [0.5, 0.6) is 5.75 Å². The lowest BCUT2D eigenvalue weighted by molar-refractivity contribution is 0.242. The molecular weight excluding hydrogens is 234 g/mol. The minimum Gasteiger partial charge on any atom is -0.491 e. The molecule has 2 heteroatoms. The van der Waals surface area contributed by atoms with Crippen molar-refractivity contribution < 1.29 is 4.74 Å². The highest BCUT2D eigenvalue weighted by atomic mass is 16.5. The fourth-order valence-corrected chi connectivity index (χ4v) is 2.10. The highest BCUT2D eigenvalue weighted by Crippen LogP contribution is 2.20. The number of rotatable bonds is 8. The zero-order chi connectivity index (χ0) is 14.3. The molecule has 0 radical (unpaired) electrons. The van der Waals surface area contributed by atoms with Crippen LogP contribution in [0, 0.1) is 0 Å². The summed E-state index contributed by atoms with van der Waals surface area (Å²) >= 11 is 0. The average molecular weight is 261 g/mol.